The predicted molar refractivity (Wildman–Crippen MR) is 82.9 cm³/mol. The lowest BCUT2D eigenvalue weighted by atomic mass is 10.1. The van der Waals surface area contributed by atoms with Crippen molar-refractivity contribution in [1.29, 1.82) is 0 Å². The van der Waals surface area contributed by atoms with Crippen molar-refractivity contribution in [1.82, 2.24) is 0 Å². The summed E-state index contributed by atoms with van der Waals surface area (Å²) >= 11 is 5.05. The lowest BCUT2D eigenvalue weighted by Gasteiger charge is -2.15. The minimum atomic E-state index is -4.90. The first-order chi connectivity index (χ1) is 11.0. The molecule has 0 atom stereocenters. The summed E-state index contributed by atoms with van der Waals surface area (Å²) in [4.78, 5) is 0.0300. The Labute approximate surface area is 139 Å². The smallest absolute Gasteiger partial charge is 0.346 e. The molecule has 0 aliphatic carbocycles. The highest BCUT2D eigenvalue weighted by atomic mass is 32.1. The van der Waals surface area contributed by atoms with Gasteiger partial charge in [-0.25, -0.2) is 0 Å². The van der Waals surface area contributed by atoms with Crippen LogP contribution in [0.4, 0.5) is 32.0 Å². The molecule has 1 N–H and O–H groups in total. The molecular formula is C16H11F6NS. The van der Waals surface area contributed by atoms with Crippen LogP contribution in [0.3, 0.4) is 0 Å². The lowest BCUT2D eigenvalue weighted by molar-refractivity contribution is -0.143. The van der Waals surface area contributed by atoms with Gasteiger partial charge in [0.2, 0.25) is 0 Å². The molecule has 0 unspecified atom stereocenters. The van der Waals surface area contributed by atoms with Gasteiger partial charge in [0, 0.05) is 11.3 Å². The fourth-order valence-corrected chi connectivity index (χ4v) is 2.19. The zero-order chi connectivity index (χ0) is 18.1. The monoisotopic (exact) mass is 363 g/mol. The van der Waals surface area contributed by atoms with E-state index >= 15 is 0 Å². The van der Waals surface area contributed by atoms with Gasteiger partial charge in [-0.3, -0.25) is 0 Å². The molecule has 0 aromatic heterocycles. The molecule has 2 rings (SSSR count). The van der Waals surface area contributed by atoms with Crippen LogP contribution >= 0.6 is 12.2 Å². The number of thiocarbonyl (C=S) groups is 1. The number of benzene rings is 2. The molecule has 0 amide bonds. The van der Waals surface area contributed by atoms with Crippen LogP contribution in [0.2, 0.25) is 0 Å². The fourth-order valence-electron chi connectivity index (χ4n) is 1.94. The highest BCUT2D eigenvalue weighted by Crippen LogP contribution is 2.37. The third-order valence-corrected chi connectivity index (χ3v) is 3.50. The van der Waals surface area contributed by atoms with Crippen molar-refractivity contribution in [3.05, 3.63) is 64.7 Å². The van der Waals surface area contributed by atoms with E-state index in [2.05, 4.69) is 5.32 Å². The molecule has 0 fully saturated rings. The standard InChI is InChI=1S/C16H11F6NS/c1-9-2-4-10(5-3-9)14(24)23-13-7-11(15(17,18)19)6-12(8-13)16(20,21)22/h2-8H,1H3,(H,23,24). The molecule has 0 saturated carbocycles. The summed E-state index contributed by atoms with van der Waals surface area (Å²) in [6, 6.07) is 7.98. The van der Waals surface area contributed by atoms with Gasteiger partial charge in [-0.2, -0.15) is 26.3 Å². The Bertz CT molecular complexity index is 714. The molecule has 0 saturated heterocycles. The Hall–Kier alpha value is -2.09. The van der Waals surface area contributed by atoms with Crippen molar-refractivity contribution in [2.75, 3.05) is 5.32 Å². The summed E-state index contributed by atoms with van der Waals surface area (Å²) in [5.41, 5.74) is -1.73. The third-order valence-electron chi connectivity index (χ3n) is 3.16. The van der Waals surface area contributed by atoms with Crippen LogP contribution in [-0.4, -0.2) is 4.99 Å². The van der Waals surface area contributed by atoms with Crippen LogP contribution in [0, 0.1) is 6.92 Å². The van der Waals surface area contributed by atoms with E-state index in [-0.39, 0.29) is 16.7 Å². The number of anilines is 1. The van der Waals surface area contributed by atoms with Gasteiger partial charge >= 0.3 is 12.4 Å². The zero-order valence-corrected chi connectivity index (χ0v) is 13.0. The highest BCUT2D eigenvalue weighted by Gasteiger charge is 2.37. The average Bonchev–Trinajstić information content (AvgIpc) is 2.45. The number of alkyl halides is 6. The van der Waals surface area contributed by atoms with E-state index in [0.29, 0.717) is 17.7 Å². The molecular weight excluding hydrogens is 352 g/mol. The second-order valence-corrected chi connectivity index (χ2v) is 5.52. The second kappa shape index (κ2) is 6.43. The molecule has 0 radical (unpaired) electrons. The third kappa shape index (κ3) is 4.47. The predicted octanol–water partition coefficient (Wildman–Crippen LogP) is 5.82. The highest BCUT2D eigenvalue weighted by molar-refractivity contribution is 7.81. The largest absolute Gasteiger partial charge is 0.416 e. The molecule has 0 spiro atoms. The van der Waals surface area contributed by atoms with E-state index < -0.39 is 23.5 Å². The van der Waals surface area contributed by atoms with Gasteiger partial charge in [0.25, 0.3) is 0 Å². The molecule has 128 valence electrons. The van der Waals surface area contributed by atoms with Crippen LogP contribution < -0.4 is 5.32 Å². The molecule has 0 bridgehead atoms. The van der Waals surface area contributed by atoms with Gasteiger partial charge in [0.1, 0.15) is 4.99 Å². The van der Waals surface area contributed by atoms with Crippen LogP contribution in [0.5, 0.6) is 0 Å². The minimum Gasteiger partial charge on any atom is -0.346 e. The molecule has 2 aromatic rings. The van der Waals surface area contributed by atoms with Crippen LogP contribution in [0.1, 0.15) is 22.3 Å². The first-order valence-corrected chi connectivity index (χ1v) is 7.05. The normalized spacial score (nSPS) is 12.1. The number of halogens is 6. The first-order valence-electron chi connectivity index (χ1n) is 6.64. The van der Waals surface area contributed by atoms with Crippen LogP contribution in [0.25, 0.3) is 0 Å². The number of hydrogen-bond acceptors (Lipinski definition) is 1. The maximum Gasteiger partial charge on any atom is 0.416 e. The summed E-state index contributed by atoms with van der Waals surface area (Å²) < 4.78 is 76.9. The van der Waals surface area contributed by atoms with Crippen LogP contribution in [0.15, 0.2) is 42.5 Å². The Balaban J connectivity index is 2.38. The quantitative estimate of drug-likeness (QED) is 0.533. The van der Waals surface area contributed by atoms with Gasteiger partial charge in [-0.05, 0) is 25.1 Å². The topological polar surface area (TPSA) is 12.0 Å². The molecule has 1 nitrogen and oxygen atoms in total. The lowest BCUT2D eigenvalue weighted by Crippen LogP contribution is -2.15. The molecule has 24 heavy (non-hydrogen) atoms. The van der Waals surface area contributed by atoms with Crippen LogP contribution in [-0.2, 0) is 12.4 Å². The SMILES string of the molecule is Cc1ccc(C(=S)Nc2cc(C(F)(F)F)cc(C(F)(F)F)c2)cc1. The zero-order valence-electron chi connectivity index (χ0n) is 12.2. The Morgan fingerprint density at radius 1 is 0.833 bits per heavy atom. The van der Waals surface area contributed by atoms with E-state index in [0.717, 1.165) is 5.56 Å². The van der Waals surface area contributed by atoms with Crippen molar-refractivity contribution in [3.8, 4) is 0 Å². The van der Waals surface area contributed by atoms with E-state index in [4.69, 9.17) is 12.2 Å². The Morgan fingerprint density at radius 2 is 1.29 bits per heavy atom. The number of aryl methyl sites for hydroxylation is 1. The number of hydrogen-bond donors (Lipinski definition) is 1. The fraction of sp³-hybridized carbons (Fsp3) is 0.188. The van der Waals surface area contributed by atoms with Crippen molar-refractivity contribution >= 4 is 22.9 Å². The molecule has 2 aromatic carbocycles. The Morgan fingerprint density at radius 3 is 1.71 bits per heavy atom. The first kappa shape index (κ1) is 18.3. The van der Waals surface area contributed by atoms with Gasteiger partial charge < -0.3 is 5.32 Å². The van der Waals surface area contributed by atoms with Crippen molar-refractivity contribution < 1.29 is 26.3 Å². The second-order valence-electron chi connectivity index (χ2n) is 5.11. The van der Waals surface area contributed by atoms with Crippen molar-refractivity contribution in [3.63, 3.8) is 0 Å². The van der Waals surface area contributed by atoms with Crippen molar-refractivity contribution in [2.24, 2.45) is 0 Å². The van der Waals surface area contributed by atoms with Crippen molar-refractivity contribution in [2.45, 2.75) is 19.3 Å². The molecule has 0 aliphatic rings. The van der Waals surface area contributed by atoms with E-state index in [1.165, 1.54) is 0 Å². The van der Waals surface area contributed by atoms with Gasteiger partial charge in [-0.1, -0.05) is 42.0 Å². The van der Waals surface area contributed by atoms with Gasteiger partial charge in [-0.15, -0.1) is 0 Å². The average molecular weight is 363 g/mol. The number of rotatable bonds is 2. The molecule has 0 heterocycles. The van der Waals surface area contributed by atoms with E-state index in [1.807, 2.05) is 6.92 Å². The molecule has 8 heteroatoms. The summed E-state index contributed by atoms with van der Waals surface area (Å²) in [5.74, 6) is 0. The van der Waals surface area contributed by atoms with E-state index in [1.54, 1.807) is 24.3 Å². The van der Waals surface area contributed by atoms with Gasteiger partial charge in [0.15, 0.2) is 0 Å². The molecule has 0 aliphatic heterocycles. The number of nitrogens with one attached hydrogen (secondary N) is 1. The summed E-state index contributed by atoms with van der Waals surface area (Å²) in [7, 11) is 0. The van der Waals surface area contributed by atoms with Gasteiger partial charge in [0.05, 0.1) is 11.1 Å². The maximum absolute atomic E-state index is 12.8. The summed E-state index contributed by atoms with van der Waals surface area (Å²) in [6.45, 7) is 1.84. The summed E-state index contributed by atoms with van der Waals surface area (Å²) in [6.07, 6.45) is -9.80. The van der Waals surface area contributed by atoms with E-state index in [9.17, 15) is 26.3 Å². The summed E-state index contributed by atoms with van der Waals surface area (Å²) in [5, 5.41) is 2.43. The minimum absolute atomic E-state index is 0.0300. The maximum atomic E-state index is 12.8. The Kier molecular flexibility index (Phi) is 4.89.